The van der Waals surface area contributed by atoms with E-state index in [0.717, 1.165) is 0 Å². The molecule has 1 aromatic heterocycles. The van der Waals surface area contributed by atoms with E-state index in [1.807, 2.05) is 0 Å². The molecule has 17 heavy (non-hydrogen) atoms. The van der Waals surface area contributed by atoms with Crippen molar-refractivity contribution in [2.24, 2.45) is 0 Å². The number of nitrogens with zero attached hydrogens (tertiary/aromatic N) is 1. The molecule has 6 nitrogen and oxygen atoms in total. The van der Waals surface area contributed by atoms with Crippen molar-refractivity contribution < 1.29 is 24.5 Å². The van der Waals surface area contributed by atoms with Crippen molar-refractivity contribution in [2.75, 3.05) is 7.11 Å². The molecule has 0 aromatic carbocycles. The van der Waals surface area contributed by atoms with Crippen molar-refractivity contribution in [3.05, 3.63) is 29.1 Å². The second-order valence-corrected chi connectivity index (χ2v) is 2.78. The Morgan fingerprint density at radius 3 is 2.29 bits per heavy atom. The first-order chi connectivity index (χ1) is 7.06. The fourth-order valence-corrected chi connectivity index (χ4v) is 1.09. The first kappa shape index (κ1) is 19.4. The normalized spacial score (nSPS) is 8.76. The monoisotopic (exact) mass is 257 g/mol. The van der Waals surface area contributed by atoms with Gasteiger partial charge in [-0.05, 0) is 11.6 Å². The molecule has 1 heterocycles. The van der Waals surface area contributed by atoms with E-state index in [-0.39, 0.29) is 71.3 Å². The van der Waals surface area contributed by atoms with Crippen LogP contribution in [0, 0.1) is 0 Å². The smallest absolute Gasteiger partial charge is 0.355 e. The first-order valence-electron chi connectivity index (χ1n) is 4.00. The van der Waals surface area contributed by atoms with Gasteiger partial charge in [-0.3, -0.25) is 0 Å². The van der Waals surface area contributed by atoms with Crippen LogP contribution >= 0.6 is 0 Å². The van der Waals surface area contributed by atoms with Gasteiger partial charge in [-0.1, -0.05) is 0 Å². The number of hydrogen-bond acceptors (Lipinski definition) is 4. The zero-order chi connectivity index (χ0) is 11.4. The second-order valence-electron chi connectivity index (χ2n) is 2.78. The maximum atomic E-state index is 10.7. The Bertz CT molecular complexity index is 410. The van der Waals surface area contributed by atoms with E-state index in [1.54, 1.807) is 0 Å². The van der Waals surface area contributed by atoms with Gasteiger partial charge >= 0.3 is 11.9 Å². The summed E-state index contributed by atoms with van der Waals surface area (Å²) in [7, 11) is 1.45. The van der Waals surface area contributed by atoms with Gasteiger partial charge in [-0.15, -0.1) is 0 Å². The molecule has 0 bridgehead atoms. The van der Waals surface area contributed by atoms with Crippen LogP contribution in [0.15, 0.2) is 12.3 Å². The van der Waals surface area contributed by atoms with E-state index in [4.69, 9.17) is 14.9 Å². The maximum absolute atomic E-state index is 10.7. The summed E-state index contributed by atoms with van der Waals surface area (Å²) in [6, 6.07) is 1.24. The van der Waals surface area contributed by atoms with E-state index in [0.29, 0.717) is 5.56 Å². The number of aromatic carboxylic acids is 2. The van der Waals surface area contributed by atoms with Crippen LogP contribution in [-0.4, -0.2) is 93.4 Å². The zero-order valence-electron chi connectivity index (χ0n) is 9.93. The first-order valence-corrected chi connectivity index (χ1v) is 4.00. The Hall–Kier alpha value is 0.0500. The topological polar surface area (TPSA) is 96.7 Å². The molecule has 0 saturated heterocycles. The molecule has 2 N–H and O–H groups in total. The molecule has 0 fully saturated rings. The van der Waals surface area contributed by atoms with E-state index in [9.17, 15) is 9.59 Å². The summed E-state index contributed by atoms with van der Waals surface area (Å²) in [5.74, 6) is -2.69. The second kappa shape index (κ2) is 9.04. The third-order valence-corrected chi connectivity index (χ3v) is 1.69. The molecule has 0 spiro atoms. The number of carbonyl (C=O) groups is 2. The summed E-state index contributed by atoms with van der Waals surface area (Å²) in [4.78, 5) is 24.9. The van der Waals surface area contributed by atoms with Crippen LogP contribution in [-0.2, 0) is 11.3 Å². The average Bonchev–Trinajstić information content (AvgIpc) is 2.17. The van der Waals surface area contributed by atoms with Crippen LogP contribution in [0.2, 0.25) is 0 Å². The zero-order valence-corrected chi connectivity index (χ0v) is 13.9. The standard InChI is InChI=1S/C9H9NO5.2Na/c1-15-4-5-2-6(8(11)12)7(9(13)14)10-3-5;;/h2-3H,4H2,1H3,(H,11,12)(H,13,14);;. The summed E-state index contributed by atoms with van der Waals surface area (Å²) < 4.78 is 4.78. The summed E-state index contributed by atoms with van der Waals surface area (Å²) in [6.07, 6.45) is 1.28. The van der Waals surface area contributed by atoms with Crippen molar-refractivity contribution in [3.63, 3.8) is 0 Å². The van der Waals surface area contributed by atoms with Crippen LogP contribution in [0.25, 0.3) is 0 Å². The van der Waals surface area contributed by atoms with E-state index >= 15 is 0 Å². The van der Waals surface area contributed by atoms with Crippen LogP contribution in [0.3, 0.4) is 0 Å². The van der Waals surface area contributed by atoms with Crippen molar-refractivity contribution in [2.45, 2.75) is 6.61 Å². The van der Waals surface area contributed by atoms with Crippen LogP contribution in [0.5, 0.6) is 0 Å². The summed E-state index contributed by atoms with van der Waals surface area (Å²) in [5, 5.41) is 17.4. The minimum absolute atomic E-state index is 0. The van der Waals surface area contributed by atoms with Crippen molar-refractivity contribution in [1.29, 1.82) is 0 Å². The quantitative estimate of drug-likeness (QED) is 0.729. The molecule has 8 heteroatoms. The summed E-state index contributed by atoms with van der Waals surface area (Å²) in [5.41, 5.74) is -0.292. The molecule has 1 rings (SSSR count). The summed E-state index contributed by atoms with van der Waals surface area (Å²) >= 11 is 0. The van der Waals surface area contributed by atoms with Gasteiger partial charge in [0.15, 0.2) is 5.69 Å². The molecule has 0 atom stereocenters. The third kappa shape index (κ3) is 5.48. The Morgan fingerprint density at radius 2 is 1.88 bits per heavy atom. The molecular formula is C9H9NNa2O5. The Balaban J connectivity index is 0. The Kier molecular flexibility index (Phi) is 10.3. The number of ether oxygens (including phenoxy) is 1. The molecule has 0 aliphatic carbocycles. The van der Waals surface area contributed by atoms with Crippen LogP contribution in [0.4, 0.5) is 0 Å². The van der Waals surface area contributed by atoms with Gasteiger partial charge < -0.3 is 14.9 Å². The van der Waals surface area contributed by atoms with E-state index in [1.165, 1.54) is 19.4 Å². The maximum Gasteiger partial charge on any atom is 0.355 e. The predicted octanol–water partition coefficient (Wildman–Crippen LogP) is -0.137. The number of carboxylic acids is 2. The van der Waals surface area contributed by atoms with Crippen LogP contribution in [0.1, 0.15) is 26.4 Å². The number of carboxylic acid groups (broad SMARTS) is 2. The third-order valence-electron chi connectivity index (χ3n) is 1.69. The van der Waals surface area contributed by atoms with E-state index < -0.39 is 17.6 Å². The summed E-state index contributed by atoms with van der Waals surface area (Å²) in [6.45, 7) is 0.188. The number of rotatable bonds is 4. The number of hydrogen-bond donors (Lipinski definition) is 2. The van der Waals surface area contributed by atoms with Gasteiger partial charge in [-0.2, -0.15) is 0 Å². The predicted molar refractivity (Wildman–Crippen MR) is 60.4 cm³/mol. The molecule has 0 unspecified atom stereocenters. The largest absolute Gasteiger partial charge is 0.478 e. The van der Waals surface area contributed by atoms with Gasteiger partial charge in [0.05, 0.1) is 12.2 Å². The van der Waals surface area contributed by atoms with Gasteiger partial charge in [0, 0.05) is 72.4 Å². The van der Waals surface area contributed by atoms with Crippen molar-refractivity contribution >= 4 is 71.1 Å². The number of pyridine rings is 1. The Morgan fingerprint density at radius 1 is 1.29 bits per heavy atom. The number of aromatic nitrogens is 1. The van der Waals surface area contributed by atoms with E-state index in [2.05, 4.69) is 4.98 Å². The van der Waals surface area contributed by atoms with Crippen LogP contribution < -0.4 is 0 Å². The van der Waals surface area contributed by atoms with Gasteiger partial charge in [0.1, 0.15) is 0 Å². The van der Waals surface area contributed by atoms with Gasteiger partial charge in [0.2, 0.25) is 0 Å². The molecule has 0 amide bonds. The molecule has 0 aliphatic rings. The number of methoxy groups -OCH3 is 1. The molecule has 2 radical (unpaired) electrons. The molecule has 0 saturated carbocycles. The molecule has 1 aromatic rings. The average molecular weight is 257 g/mol. The minimum Gasteiger partial charge on any atom is -0.478 e. The van der Waals surface area contributed by atoms with Gasteiger partial charge in [0.25, 0.3) is 0 Å². The fraction of sp³-hybridized carbons (Fsp3) is 0.222. The SMILES string of the molecule is COCc1cnc(C(=O)O)c(C(=O)O)c1.[Na].[Na]. The molecule has 0 aliphatic heterocycles. The van der Waals surface area contributed by atoms with Crippen molar-refractivity contribution in [3.8, 4) is 0 Å². The fourth-order valence-electron chi connectivity index (χ4n) is 1.09. The van der Waals surface area contributed by atoms with Crippen molar-refractivity contribution in [1.82, 2.24) is 4.98 Å². The molecular weight excluding hydrogens is 248 g/mol. The van der Waals surface area contributed by atoms with Gasteiger partial charge in [-0.25, -0.2) is 14.6 Å². The Labute approximate surface area is 142 Å². The minimum atomic E-state index is -1.36. The molecule has 82 valence electrons.